The molecule has 1 heterocycles. The molecule has 0 bridgehead atoms. The first-order valence-electron chi connectivity index (χ1n) is 6.50. The predicted octanol–water partition coefficient (Wildman–Crippen LogP) is 1.41. The van der Waals surface area contributed by atoms with E-state index >= 15 is 0 Å². The molecule has 1 aliphatic rings. The van der Waals surface area contributed by atoms with Gasteiger partial charge in [0.2, 0.25) is 6.41 Å². The van der Waals surface area contributed by atoms with E-state index in [-0.39, 0.29) is 5.91 Å². The largest absolute Gasteiger partial charge is 0.481 e. The Bertz CT molecular complexity index is 470. The first-order chi connectivity index (χ1) is 9.60. The highest BCUT2D eigenvalue weighted by Crippen LogP contribution is 2.17. The third-order valence-electron chi connectivity index (χ3n) is 3.25. The second kappa shape index (κ2) is 6.61. The molecule has 0 N–H and O–H groups in total. The van der Waals surface area contributed by atoms with E-state index in [1.165, 1.54) is 0 Å². The van der Waals surface area contributed by atoms with Gasteiger partial charge in [-0.1, -0.05) is 11.6 Å². The highest BCUT2D eigenvalue weighted by atomic mass is 35.5. The van der Waals surface area contributed by atoms with Crippen molar-refractivity contribution < 1.29 is 14.3 Å². The van der Waals surface area contributed by atoms with Crippen molar-refractivity contribution in [2.24, 2.45) is 0 Å². The fourth-order valence-electron chi connectivity index (χ4n) is 2.07. The fourth-order valence-corrected chi connectivity index (χ4v) is 2.20. The minimum atomic E-state index is -0.557. The van der Waals surface area contributed by atoms with Gasteiger partial charge in [0.15, 0.2) is 6.10 Å². The topological polar surface area (TPSA) is 49.9 Å². The standard InChI is InChI=1S/C14H17ClN2O3/c1-11(20-13-4-2-12(15)3-5-13)14(19)17-8-6-16(10-18)7-9-17/h2-5,10-11H,6-9H2,1H3/t11-/m0/s1. The highest BCUT2D eigenvalue weighted by molar-refractivity contribution is 6.30. The molecule has 1 aliphatic heterocycles. The SMILES string of the molecule is C[C@H](Oc1ccc(Cl)cc1)C(=O)N1CCN(C=O)CC1. The summed E-state index contributed by atoms with van der Waals surface area (Å²) in [7, 11) is 0. The molecule has 0 radical (unpaired) electrons. The van der Waals surface area contributed by atoms with Crippen LogP contribution in [0.1, 0.15) is 6.92 Å². The fraction of sp³-hybridized carbons (Fsp3) is 0.429. The highest BCUT2D eigenvalue weighted by Gasteiger charge is 2.25. The summed E-state index contributed by atoms with van der Waals surface area (Å²) in [5.74, 6) is 0.548. The van der Waals surface area contributed by atoms with Crippen molar-refractivity contribution in [3.8, 4) is 5.75 Å². The first-order valence-corrected chi connectivity index (χ1v) is 6.88. The second-order valence-electron chi connectivity index (χ2n) is 4.68. The monoisotopic (exact) mass is 296 g/mol. The van der Waals surface area contributed by atoms with Crippen molar-refractivity contribution >= 4 is 23.9 Å². The third kappa shape index (κ3) is 3.63. The zero-order chi connectivity index (χ0) is 14.5. The van der Waals surface area contributed by atoms with E-state index in [1.54, 1.807) is 41.0 Å². The van der Waals surface area contributed by atoms with Gasteiger partial charge in [-0.25, -0.2) is 0 Å². The van der Waals surface area contributed by atoms with E-state index in [1.807, 2.05) is 0 Å². The van der Waals surface area contributed by atoms with E-state index < -0.39 is 6.10 Å². The molecular weight excluding hydrogens is 280 g/mol. The molecule has 1 atom stereocenters. The van der Waals surface area contributed by atoms with Crippen LogP contribution < -0.4 is 4.74 Å². The Morgan fingerprint density at radius 1 is 1.25 bits per heavy atom. The van der Waals surface area contributed by atoms with Gasteiger partial charge in [-0.05, 0) is 31.2 Å². The number of halogens is 1. The molecule has 0 spiro atoms. The molecule has 6 heteroatoms. The number of carbonyl (C=O) groups excluding carboxylic acids is 2. The number of amides is 2. The zero-order valence-electron chi connectivity index (χ0n) is 11.3. The van der Waals surface area contributed by atoms with Crippen LogP contribution in [-0.4, -0.2) is 54.4 Å². The van der Waals surface area contributed by atoms with Gasteiger partial charge in [0.1, 0.15) is 5.75 Å². The number of benzene rings is 1. The lowest BCUT2D eigenvalue weighted by Gasteiger charge is -2.33. The average Bonchev–Trinajstić information content (AvgIpc) is 2.49. The van der Waals surface area contributed by atoms with Crippen LogP contribution in [-0.2, 0) is 9.59 Å². The zero-order valence-corrected chi connectivity index (χ0v) is 12.0. The van der Waals surface area contributed by atoms with Crippen LogP contribution in [0.2, 0.25) is 5.02 Å². The molecular formula is C14H17ClN2O3. The first kappa shape index (κ1) is 14.7. The molecule has 1 saturated heterocycles. The Morgan fingerprint density at radius 2 is 1.85 bits per heavy atom. The lowest BCUT2D eigenvalue weighted by molar-refractivity contribution is -0.141. The maximum atomic E-state index is 12.2. The minimum absolute atomic E-state index is 0.0644. The normalized spacial score (nSPS) is 16.7. The van der Waals surface area contributed by atoms with E-state index in [4.69, 9.17) is 16.3 Å². The maximum absolute atomic E-state index is 12.2. The number of rotatable bonds is 4. The van der Waals surface area contributed by atoms with Gasteiger partial charge in [0.25, 0.3) is 5.91 Å². The summed E-state index contributed by atoms with van der Waals surface area (Å²) >= 11 is 5.80. The molecule has 1 aromatic rings. The summed E-state index contributed by atoms with van der Waals surface area (Å²) in [6.45, 7) is 3.96. The van der Waals surface area contributed by atoms with E-state index in [9.17, 15) is 9.59 Å². The van der Waals surface area contributed by atoms with Gasteiger partial charge >= 0.3 is 0 Å². The molecule has 0 aliphatic carbocycles. The van der Waals surface area contributed by atoms with E-state index in [2.05, 4.69) is 0 Å². The molecule has 2 rings (SSSR count). The molecule has 0 aromatic heterocycles. The molecule has 0 saturated carbocycles. The summed E-state index contributed by atoms with van der Waals surface area (Å²) in [5.41, 5.74) is 0. The van der Waals surface area contributed by atoms with Crippen molar-refractivity contribution in [2.45, 2.75) is 13.0 Å². The lowest BCUT2D eigenvalue weighted by Crippen LogP contribution is -2.51. The molecule has 108 valence electrons. The quantitative estimate of drug-likeness (QED) is 0.789. The summed E-state index contributed by atoms with van der Waals surface area (Å²) in [6.07, 6.45) is 0.258. The van der Waals surface area contributed by atoms with Gasteiger partial charge < -0.3 is 14.5 Å². The predicted molar refractivity (Wildman–Crippen MR) is 75.8 cm³/mol. The number of ether oxygens (including phenoxy) is 1. The summed E-state index contributed by atoms with van der Waals surface area (Å²) in [5, 5.41) is 0.626. The van der Waals surface area contributed by atoms with Gasteiger partial charge in [0, 0.05) is 31.2 Å². The van der Waals surface area contributed by atoms with Crippen molar-refractivity contribution in [2.75, 3.05) is 26.2 Å². The van der Waals surface area contributed by atoms with Crippen molar-refractivity contribution in [3.05, 3.63) is 29.3 Å². The van der Waals surface area contributed by atoms with Crippen LogP contribution >= 0.6 is 11.6 Å². The third-order valence-corrected chi connectivity index (χ3v) is 3.50. The van der Waals surface area contributed by atoms with E-state index in [0.717, 1.165) is 6.41 Å². The molecule has 1 fully saturated rings. The number of nitrogens with zero attached hydrogens (tertiary/aromatic N) is 2. The number of hydrogen-bond donors (Lipinski definition) is 0. The van der Waals surface area contributed by atoms with Crippen molar-refractivity contribution in [3.63, 3.8) is 0 Å². The number of carbonyl (C=O) groups is 2. The molecule has 2 amide bonds. The van der Waals surface area contributed by atoms with Crippen molar-refractivity contribution in [1.29, 1.82) is 0 Å². The Balaban J connectivity index is 1.89. The number of hydrogen-bond acceptors (Lipinski definition) is 3. The summed E-state index contributed by atoms with van der Waals surface area (Å²) in [4.78, 5) is 26.2. The number of piperazine rings is 1. The molecule has 5 nitrogen and oxygen atoms in total. The van der Waals surface area contributed by atoms with Crippen LogP contribution in [0.3, 0.4) is 0 Å². The Morgan fingerprint density at radius 3 is 2.40 bits per heavy atom. The second-order valence-corrected chi connectivity index (χ2v) is 5.12. The van der Waals surface area contributed by atoms with Gasteiger partial charge in [-0.15, -0.1) is 0 Å². The Hall–Kier alpha value is -1.75. The van der Waals surface area contributed by atoms with Crippen molar-refractivity contribution in [1.82, 2.24) is 9.80 Å². The van der Waals surface area contributed by atoms with Crippen LogP contribution in [0.15, 0.2) is 24.3 Å². The molecule has 20 heavy (non-hydrogen) atoms. The minimum Gasteiger partial charge on any atom is -0.481 e. The van der Waals surface area contributed by atoms with Crippen LogP contribution in [0.5, 0.6) is 5.75 Å². The van der Waals surface area contributed by atoms with Gasteiger partial charge in [0.05, 0.1) is 0 Å². The van der Waals surface area contributed by atoms with Crippen LogP contribution in [0.4, 0.5) is 0 Å². The van der Waals surface area contributed by atoms with Gasteiger partial charge in [-0.2, -0.15) is 0 Å². The Labute approximate surface area is 123 Å². The van der Waals surface area contributed by atoms with Gasteiger partial charge in [-0.3, -0.25) is 9.59 Å². The summed E-state index contributed by atoms with van der Waals surface area (Å²) < 4.78 is 5.60. The van der Waals surface area contributed by atoms with E-state index in [0.29, 0.717) is 37.0 Å². The van der Waals surface area contributed by atoms with Crippen LogP contribution in [0, 0.1) is 0 Å². The molecule has 0 unspecified atom stereocenters. The summed E-state index contributed by atoms with van der Waals surface area (Å²) in [6, 6.07) is 6.90. The maximum Gasteiger partial charge on any atom is 0.263 e. The Kier molecular flexibility index (Phi) is 4.84. The van der Waals surface area contributed by atoms with Crippen LogP contribution in [0.25, 0.3) is 0 Å². The smallest absolute Gasteiger partial charge is 0.263 e. The molecule has 1 aromatic carbocycles. The average molecular weight is 297 g/mol. The lowest BCUT2D eigenvalue weighted by atomic mass is 10.2.